The van der Waals surface area contributed by atoms with Crippen molar-refractivity contribution >= 4 is 33.4 Å². The molecule has 0 unspecified atom stereocenters. The number of carbonyl (C=O) groups is 2. The predicted molar refractivity (Wildman–Crippen MR) is 100 cm³/mol. The van der Waals surface area contributed by atoms with Crippen molar-refractivity contribution in [2.75, 3.05) is 13.2 Å². The van der Waals surface area contributed by atoms with Crippen LogP contribution in [0.3, 0.4) is 0 Å². The van der Waals surface area contributed by atoms with Gasteiger partial charge in [0.2, 0.25) is 0 Å². The molecule has 0 amide bonds. The van der Waals surface area contributed by atoms with Crippen molar-refractivity contribution in [3.8, 4) is 11.3 Å². The lowest BCUT2D eigenvalue weighted by molar-refractivity contribution is 0.0516. The van der Waals surface area contributed by atoms with Crippen LogP contribution in [0.4, 0.5) is 0 Å². The van der Waals surface area contributed by atoms with Gasteiger partial charge in [-0.3, -0.25) is 0 Å². The highest BCUT2D eigenvalue weighted by molar-refractivity contribution is 9.10. The molecule has 0 bridgehead atoms. The van der Waals surface area contributed by atoms with Gasteiger partial charge >= 0.3 is 11.9 Å². The van der Waals surface area contributed by atoms with Gasteiger partial charge in [0.25, 0.3) is 0 Å². The Morgan fingerprint density at radius 2 is 1.65 bits per heavy atom. The number of nitrogens with zero attached hydrogens (tertiary/aromatic N) is 2. The third-order valence-electron chi connectivity index (χ3n) is 3.74. The summed E-state index contributed by atoms with van der Waals surface area (Å²) in [5, 5.41) is 4.53. The van der Waals surface area contributed by atoms with Crippen molar-refractivity contribution in [3.05, 3.63) is 58.2 Å². The van der Waals surface area contributed by atoms with Crippen LogP contribution >= 0.6 is 15.9 Å². The number of ether oxygens (including phenoxy) is 2. The SMILES string of the molecule is CCOC(=O)c1cc(C(=O)OCC)n2nc(-c3ccc(Br)cc3)ccc12. The quantitative estimate of drug-likeness (QED) is 0.585. The molecule has 7 heteroatoms. The monoisotopic (exact) mass is 416 g/mol. The summed E-state index contributed by atoms with van der Waals surface area (Å²) in [5.74, 6) is -1.04. The molecular formula is C19H17BrN2O4. The minimum Gasteiger partial charge on any atom is -0.462 e. The van der Waals surface area contributed by atoms with E-state index in [0.717, 1.165) is 10.0 Å². The molecule has 2 aromatic heterocycles. The Bertz CT molecular complexity index is 964. The van der Waals surface area contributed by atoms with E-state index in [4.69, 9.17) is 9.47 Å². The Hall–Kier alpha value is -2.67. The second-order valence-corrected chi connectivity index (χ2v) is 6.32. The summed E-state index contributed by atoms with van der Waals surface area (Å²) in [7, 11) is 0. The topological polar surface area (TPSA) is 69.9 Å². The minimum atomic E-state index is -0.543. The fourth-order valence-corrected chi connectivity index (χ4v) is 2.84. The van der Waals surface area contributed by atoms with Crippen LogP contribution in [-0.4, -0.2) is 34.8 Å². The summed E-state index contributed by atoms with van der Waals surface area (Å²) in [6.07, 6.45) is 0. The molecule has 0 atom stereocenters. The van der Waals surface area contributed by atoms with Crippen LogP contribution in [0, 0.1) is 0 Å². The van der Waals surface area contributed by atoms with Crippen molar-refractivity contribution < 1.29 is 19.1 Å². The van der Waals surface area contributed by atoms with Crippen LogP contribution in [0.15, 0.2) is 46.9 Å². The van der Waals surface area contributed by atoms with Gasteiger partial charge in [0.05, 0.1) is 30.0 Å². The van der Waals surface area contributed by atoms with E-state index in [2.05, 4.69) is 21.0 Å². The molecular weight excluding hydrogens is 400 g/mol. The zero-order chi connectivity index (χ0) is 18.7. The normalized spacial score (nSPS) is 10.7. The summed E-state index contributed by atoms with van der Waals surface area (Å²) < 4.78 is 12.6. The fraction of sp³-hybridized carbons (Fsp3) is 0.211. The molecule has 0 saturated carbocycles. The molecule has 0 aliphatic heterocycles. The van der Waals surface area contributed by atoms with Crippen molar-refractivity contribution in [3.63, 3.8) is 0 Å². The summed E-state index contributed by atoms with van der Waals surface area (Å²) in [6.45, 7) is 3.93. The molecule has 1 aromatic carbocycles. The second-order valence-electron chi connectivity index (χ2n) is 5.41. The highest BCUT2D eigenvalue weighted by atomic mass is 79.9. The first kappa shape index (κ1) is 18.1. The largest absolute Gasteiger partial charge is 0.462 e. The summed E-state index contributed by atoms with van der Waals surface area (Å²) in [5.41, 5.74) is 2.51. The Morgan fingerprint density at radius 3 is 2.31 bits per heavy atom. The van der Waals surface area contributed by atoms with Crippen LogP contribution in [0.25, 0.3) is 16.8 Å². The Kier molecular flexibility index (Phi) is 5.37. The molecule has 0 radical (unpaired) electrons. The van der Waals surface area contributed by atoms with E-state index < -0.39 is 11.9 Å². The molecule has 0 N–H and O–H groups in total. The number of aromatic nitrogens is 2. The van der Waals surface area contributed by atoms with E-state index in [1.807, 2.05) is 24.3 Å². The number of rotatable bonds is 5. The molecule has 0 saturated heterocycles. The zero-order valence-electron chi connectivity index (χ0n) is 14.4. The Labute approximate surface area is 158 Å². The van der Waals surface area contributed by atoms with Gasteiger partial charge < -0.3 is 9.47 Å². The van der Waals surface area contributed by atoms with Gasteiger partial charge in [0, 0.05) is 10.0 Å². The molecule has 3 rings (SSSR count). The van der Waals surface area contributed by atoms with Gasteiger partial charge in [-0.05, 0) is 44.2 Å². The third-order valence-corrected chi connectivity index (χ3v) is 4.27. The van der Waals surface area contributed by atoms with Gasteiger partial charge in [-0.1, -0.05) is 28.1 Å². The number of carbonyl (C=O) groups excluding carboxylic acids is 2. The lowest BCUT2D eigenvalue weighted by Gasteiger charge is -2.06. The molecule has 0 aliphatic carbocycles. The average Bonchev–Trinajstić information content (AvgIpc) is 3.02. The van der Waals surface area contributed by atoms with Crippen LogP contribution in [-0.2, 0) is 9.47 Å². The fourth-order valence-electron chi connectivity index (χ4n) is 2.58. The molecule has 6 nitrogen and oxygen atoms in total. The molecule has 3 aromatic rings. The standard InChI is InChI=1S/C19H17BrN2O4/c1-3-25-18(23)14-11-17(19(24)26-4-2)22-16(14)10-9-15(21-22)12-5-7-13(20)8-6-12/h5-11H,3-4H2,1-2H3. The Morgan fingerprint density at radius 1 is 1.00 bits per heavy atom. The van der Waals surface area contributed by atoms with Gasteiger partial charge in [-0.15, -0.1) is 0 Å². The maximum absolute atomic E-state index is 12.3. The zero-order valence-corrected chi connectivity index (χ0v) is 15.9. The number of fused-ring (bicyclic) bond motifs is 1. The smallest absolute Gasteiger partial charge is 0.357 e. The van der Waals surface area contributed by atoms with Crippen molar-refractivity contribution in [2.45, 2.75) is 13.8 Å². The predicted octanol–water partition coefficient (Wildman–Crippen LogP) is 4.12. The molecule has 0 aliphatic rings. The summed E-state index contributed by atoms with van der Waals surface area (Å²) >= 11 is 3.40. The number of benzene rings is 1. The molecule has 0 fully saturated rings. The maximum atomic E-state index is 12.3. The van der Waals surface area contributed by atoms with Gasteiger partial charge in [0.1, 0.15) is 0 Å². The minimum absolute atomic E-state index is 0.184. The lowest BCUT2D eigenvalue weighted by atomic mass is 10.1. The van der Waals surface area contributed by atoms with Gasteiger partial charge in [0.15, 0.2) is 5.69 Å². The van der Waals surface area contributed by atoms with E-state index in [0.29, 0.717) is 11.2 Å². The molecule has 26 heavy (non-hydrogen) atoms. The van der Waals surface area contributed by atoms with Crippen LogP contribution in [0.2, 0.25) is 0 Å². The van der Waals surface area contributed by atoms with Crippen LogP contribution < -0.4 is 0 Å². The maximum Gasteiger partial charge on any atom is 0.357 e. The summed E-state index contributed by atoms with van der Waals surface area (Å²) in [4.78, 5) is 24.5. The molecule has 2 heterocycles. The Balaban J connectivity index is 2.16. The molecule has 0 spiro atoms. The van der Waals surface area contributed by atoms with E-state index in [1.165, 1.54) is 10.6 Å². The van der Waals surface area contributed by atoms with Crippen molar-refractivity contribution in [1.82, 2.24) is 9.61 Å². The van der Waals surface area contributed by atoms with E-state index in [9.17, 15) is 9.59 Å². The number of hydrogen-bond donors (Lipinski definition) is 0. The highest BCUT2D eigenvalue weighted by Crippen LogP contribution is 2.24. The van der Waals surface area contributed by atoms with Gasteiger partial charge in [-0.25, -0.2) is 14.1 Å². The van der Waals surface area contributed by atoms with Crippen LogP contribution in [0.5, 0.6) is 0 Å². The van der Waals surface area contributed by atoms with Crippen molar-refractivity contribution in [2.24, 2.45) is 0 Å². The number of halogens is 1. The third kappa shape index (κ3) is 3.48. The van der Waals surface area contributed by atoms with E-state index in [-0.39, 0.29) is 24.5 Å². The average molecular weight is 417 g/mol. The first-order chi connectivity index (χ1) is 12.5. The van der Waals surface area contributed by atoms with Gasteiger partial charge in [-0.2, -0.15) is 5.10 Å². The highest BCUT2D eigenvalue weighted by Gasteiger charge is 2.22. The number of esters is 2. The first-order valence-corrected chi connectivity index (χ1v) is 8.97. The van der Waals surface area contributed by atoms with E-state index >= 15 is 0 Å². The first-order valence-electron chi connectivity index (χ1n) is 8.18. The summed E-state index contributed by atoms with van der Waals surface area (Å²) in [6, 6.07) is 12.7. The van der Waals surface area contributed by atoms with Crippen molar-refractivity contribution in [1.29, 1.82) is 0 Å². The lowest BCUT2D eigenvalue weighted by Crippen LogP contribution is -2.09. The van der Waals surface area contributed by atoms with E-state index in [1.54, 1.807) is 26.0 Å². The second kappa shape index (κ2) is 7.70. The van der Waals surface area contributed by atoms with Crippen LogP contribution in [0.1, 0.15) is 34.7 Å². The molecule has 134 valence electrons. The number of hydrogen-bond acceptors (Lipinski definition) is 5.